The van der Waals surface area contributed by atoms with Gasteiger partial charge in [-0.2, -0.15) is 0 Å². The molecule has 1 aromatic carbocycles. The molecule has 2 atom stereocenters. The van der Waals surface area contributed by atoms with Gasteiger partial charge in [-0.05, 0) is 25.0 Å². The fourth-order valence-electron chi connectivity index (χ4n) is 2.18. The van der Waals surface area contributed by atoms with Gasteiger partial charge in [0.25, 0.3) is 0 Å². The summed E-state index contributed by atoms with van der Waals surface area (Å²) >= 11 is 0. The molecular formula is C18H24O6. The second kappa shape index (κ2) is 9.15. The molecule has 6 heteroatoms. The number of unbranched alkanes of at least 4 members (excludes halogenated alkanes) is 2. The Labute approximate surface area is 142 Å². The fourth-order valence-corrected chi connectivity index (χ4v) is 2.18. The number of hydrogen-bond acceptors (Lipinski definition) is 6. The van der Waals surface area contributed by atoms with Crippen molar-refractivity contribution in [3.63, 3.8) is 0 Å². The van der Waals surface area contributed by atoms with Crippen LogP contribution in [0.2, 0.25) is 0 Å². The van der Waals surface area contributed by atoms with Crippen LogP contribution in [-0.2, 0) is 19.1 Å². The first-order chi connectivity index (χ1) is 11.7. The molecule has 24 heavy (non-hydrogen) atoms. The molecular weight excluding hydrogens is 312 g/mol. The molecule has 132 valence electrons. The maximum Gasteiger partial charge on any atom is 0.351 e. The minimum atomic E-state index is -1.16. The molecule has 0 N–H and O–H groups in total. The van der Waals surface area contributed by atoms with E-state index in [1.54, 1.807) is 24.3 Å². The van der Waals surface area contributed by atoms with Gasteiger partial charge in [0.2, 0.25) is 12.2 Å². The van der Waals surface area contributed by atoms with Crippen molar-refractivity contribution >= 4 is 11.9 Å². The Kier molecular flexibility index (Phi) is 6.90. The Bertz CT molecular complexity index is 507. The van der Waals surface area contributed by atoms with Crippen molar-refractivity contribution in [2.45, 2.75) is 51.7 Å². The lowest BCUT2D eigenvalue weighted by molar-refractivity contribution is -0.171. The second-order valence-electron chi connectivity index (χ2n) is 5.57. The highest BCUT2D eigenvalue weighted by Gasteiger charge is 2.44. The zero-order chi connectivity index (χ0) is 17.4. The normalized spacial score (nSPS) is 18.8. The maximum absolute atomic E-state index is 12.3. The molecule has 0 fully saturated rings. The van der Waals surface area contributed by atoms with Crippen molar-refractivity contribution in [2.24, 2.45) is 0 Å². The summed E-state index contributed by atoms with van der Waals surface area (Å²) in [7, 11) is 0. The Hall–Kier alpha value is -2.24. The van der Waals surface area contributed by atoms with E-state index in [0.29, 0.717) is 11.5 Å². The lowest BCUT2D eigenvalue weighted by Gasteiger charge is -2.31. The third-order valence-corrected chi connectivity index (χ3v) is 3.58. The minimum absolute atomic E-state index is 0.286. The smallest absolute Gasteiger partial charge is 0.351 e. The SMILES string of the molecule is CCCCOC(=O)C1Oc2ccccc2OC1C(=O)OCCCC. The standard InChI is InChI=1S/C18H24O6/c1-3-5-11-21-17(19)15-16(18(20)22-12-6-4-2)24-14-10-8-7-9-13(14)23-15/h7-10,15-16H,3-6,11-12H2,1-2H3. The van der Waals surface area contributed by atoms with E-state index >= 15 is 0 Å². The highest BCUT2D eigenvalue weighted by molar-refractivity contribution is 5.87. The van der Waals surface area contributed by atoms with Crippen LogP contribution in [0.1, 0.15) is 39.5 Å². The molecule has 1 heterocycles. The van der Waals surface area contributed by atoms with Crippen molar-refractivity contribution in [3.8, 4) is 11.5 Å². The molecule has 1 aliphatic heterocycles. The maximum atomic E-state index is 12.3. The number of rotatable bonds is 8. The zero-order valence-electron chi connectivity index (χ0n) is 14.2. The highest BCUT2D eigenvalue weighted by Crippen LogP contribution is 2.34. The molecule has 0 amide bonds. The monoisotopic (exact) mass is 336 g/mol. The van der Waals surface area contributed by atoms with E-state index in [2.05, 4.69) is 0 Å². The van der Waals surface area contributed by atoms with Gasteiger partial charge in [0.1, 0.15) is 0 Å². The van der Waals surface area contributed by atoms with Gasteiger partial charge in [0.15, 0.2) is 11.5 Å². The highest BCUT2D eigenvalue weighted by atomic mass is 16.6. The van der Waals surface area contributed by atoms with Gasteiger partial charge in [-0.25, -0.2) is 9.59 Å². The van der Waals surface area contributed by atoms with Crippen LogP contribution in [0, 0.1) is 0 Å². The van der Waals surface area contributed by atoms with Crippen molar-refractivity contribution in [3.05, 3.63) is 24.3 Å². The van der Waals surface area contributed by atoms with E-state index in [-0.39, 0.29) is 13.2 Å². The Morgan fingerprint density at radius 2 is 1.29 bits per heavy atom. The molecule has 6 nitrogen and oxygen atoms in total. The summed E-state index contributed by atoms with van der Waals surface area (Å²) in [6, 6.07) is 6.89. The van der Waals surface area contributed by atoms with E-state index in [1.165, 1.54) is 0 Å². The van der Waals surface area contributed by atoms with Crippen LogP contribution in [0.15, 0.2) is 24.3 Å². The number of ether oxygens (including phenoxy) is 4. The quantitative estimate of drug-likeness (QED) is 0.537. The molecule has 0 saturated carbocycles. The van der Waals surface area contributed by atoms with Crippen LogP contribution in [0.5, 0.6) is 11.5 Å². The number of benzene rings is 1. The van der Waals surface area contributed by atoms with Crippen molar-refractivity contribution in [1.29, 1.82) is 0 Å². The first kappa shape index (κ1) is 18.1. The number of carbonyl (C=O) groups is 2. The fraction of sp³-hybridized carbons (Fsp3) is 0.556. The van der Waals surface area contributed by atoms with E-state index in [0.717, 1.165) is 25.7 Å². The molecule has 0 saturated heterocycles. The van der Waals surface area contributed by atoms with Gasteiger partial charge in [-0.15, -0.1) is 0 Å². The van der Waals surface area contributed by atoms with Crippen LogP contribution in [0.4, 0.5) is 0 Å². The summed E-state index contributed by atoms with van der Waals surface area (Å²) in [4.78, 5) is 24.6. The Morgan fingerprint density at radius 3 is 1.67 bits per heavy atom. The topological polar surface area (TPSA) is 71.1 Å². The third-order valence-electron chi connectivity index (χ3n) is 3.58. The zero-order valence-corrected chi connectivity index (χ0v) is 14.2. The first-order valence-corrected chi connectivity index (χ1v) is 8.43. The largest absolute Gasteiger partial charge is 0.470 e. The van der Waals surface area contributed by atoms with Crippen LogP contribution in [0.25, 0.3) is 0 Å². The van der Waals surface area contributed by atoms with Crippen molar-refractivity contribution < 1.29 is 28.5 Å². The lowest BCUT2D eigenvalue weighted by atomic mass is 10.1. The molecule has 1 aromatic rings. The Morgan fingerprint density at radius 1 is 0.875 bits per heavy atom. The van der Waals surface area contributed by atoms with Gasteiger partial charge in [0.05, 0.1) is 13.2 Å². The lowest BCUT2D eigenvalue weighted by Crippen LogP contribution is -2.51. The van der Waals surface area contributed by atoms with Gasteiger partial charge in [0, 0.05) is 0 Å². The van der Waals surface area contributed by atoms with E-state index in [9.17, 15) is 9.59 Å². The predicted molar refractivity (Wildman–Crippen MR) is 87.0 cm³/mol. The number of carbonyl (C=O) groups excluding carboxylic acids is 2. The number of para-hydroxylation sites is 2. The number of hydrogen-bond donors (Lipinski definition) is 0. The second-order valence-corrected chi connectivity index (χ2v) is 5.57. The van der Waals surface area contributed by atoms with Crippen molar-refractivity contribution in [1.82, 2.24) is 0 Å². The predicted octanol–water partition coefficient (Wildman–Crippen LogP) is 2.88. The summed E-state index contributed by atoms with van der Waals surface area (Å²) in [5.41, 5.74) is 0. The average Bonchev–Trinajstić information content (AvgIpc) is 2.60. The summed E-state index contributed by atoms with van der Waals surface area (Å²) in [5, 5.41) is 0. The van der Waals surface area contributed by atoms with Gasteiger partial charge >= 0.3 is 11.9 Å². The number of esters is 2. The van der Waals surface area contributed by atoms with Crippen LogP contribution in [-0.4, -0.2) is 37.4 Å². The third kappa shape index (κ3) is 4.63. The Balaban J connectivity index is 2.10. The van der Waals surface area contributed by atoms with Gasteiger partial charge in [-0.3, -0.25) is 0 Å². The average molecular weight is 336 g/mol. The molecule has 2 unspecified atom stereocenters. The molecule has 0 bridgehead atoms. The van der Waals surface area contributed by atoms with E-state index in [4.69, 9.17) is 18.9 Å². The van der Waals surface area contributed by atoms with Crippen LogP contribution in [0.3, 0.4) is 0 Å². The minimum Gasteiger partial charge on any atom is -0.470 e. The summed E-state index contributed by atoms with van der Waals surface area (Å²) in [5.74, 6) is -0.411. The van der Waals surface area contributed by atoms with Crippen LogP contribution < -0.4 is 9.47 Å². The molecule has 0 aromatic heterocycles. The molecule has 1 aliphatic rings. The summed E-state index contributed by atoms with van der Waals surface area (Å²) in [6.07, 6.45) is 0.987. The van der Waals surface area contributed by atoms with Crippen molar-refractivity contribution in [2.75, 3.05) is 13.2 Å². The molecule has 2 rings (SSSR count). The summed E-state index contributed by atoms with van der Waals surface area (Å²) < 4.78 is 21.7. The van der Waals surface area contributed by atoms with Crippen LogP contribution >= 0.6 is 0 Å². The van der Waals surface area contributed by atoms with E-state index < -0.39 is 24.1 Å². The molecule has 0 radical (unpaired) electrons. The number of fused-ring (bicyclic) bond motifs is 1. The van der Waals surface area contributed by atoms with Gasteiger partial charge in [-0.1, -0.05) is 38.8 Å². The first-order valence-electron chi connectivity index (χ1n) is 8.43. The molecule has 0 aliphatic carbocycles. The molecule has 0 spiro atoms. The van der Waals surface area contributed by atoms with E-state index in [1.807, 2.05) is 13.8 Å². The summed E-state index contributed by atoms with van der Waals surface area (Å²) in [6.45, 7) is 4.57. The van der Waals surface area contributed by atoms with Gasteiger partial charge < -0.3 is 18.9 Å².